The van der Waals surface area contributed by atoms with Crippen molar-refractivity contribution in [2.45, 2.75) is 6.92 Å². The van der Waals surface area contributed by atoms with Crippen molar-refractivity contribution < 1.29 is 4.63 Å². The quantitative estimate of drug-likeness (QED) is 0.463. The number of hydrogen-bond donors (Lipinski definition) is 3. The van der Waals surface area contributed by atoms with Gasteiger partial charge in [0.15, 0.2) is 11.5 Å². The van der Waals surface area contributed by atoms with Gasteiger partial charge in [-0.15, -0.1) is 10.6 Å². The number of aryl methyl sites for hydroxylation is 1. The van der Waals surface area contributed by atoms with E-state index < -0.39 is 0 Å². The Morgan fingerprint density at radius 1 is 1.36 bits per heavy atom. The van der Waals surface area contributed by atoms with E-state index in [2.05, 4.69) is 36.5 Å². The molecule has 0 atom stereocenters. The van der Waals surface area contributed by atoms with Gasteiger partial charge in [0.05, 0.1) is 0 Å². The van der Waals surface area contributed by atoms with Crippen LogP contribution in [-0.2, 0) is 0 Å². The highest BCUT2D eigenvalue weighted by atomic mass is 16.6. The molecule has 1 aromatic heterocycles. The van der Waals surface area contributed by atoms with Crippen LogP contribution in [0.25, 0.3) is 0 Å². The van der Waals surface area contributed by atoms with Gasteiger partial charge in [-0.1, -0.05) is 5.16 Å². The molecule has 1 aliphatic heterocycles. The number of rotatable bonds is 1. The molecule has 7 heteroatoms. The molecule has 0 aliphatic carbocycles. The number of hydrazone groups is 1. The van der Waals surface area contributed by atoms with Gasteiger partial charge < -0.3 is 0 Å². The summed E-state index contributed by atoms with van der Waals surface area (Å²) >= 11 is 0. The van der Waals surface area contributed by atoms with Gasteiger partial charge in [0.2, 0.25) is 0 Å². The normalized spacial score (nSPS) is 15.5. The highest BCUT2D eigenvalue weighted by molar-refractivity contribution is 5.97. The number of hydrazine groups is 2. The largest absolute Gasteiger partial charge is 0.283 e. The molecule has 3 N–H and O–H groups in total. The van der Waals surface area contributed by atoms with Gasteiger partial charge in [0.25, 0.3) is 0 Å². The lowest BCUT2D eigenvalue weighted by molar-refractivity contribution is 0.304. The smallest absolute Gasteiger partial charge is 0.194 e. The summed E-state index contributed by atoms with van der Waals surface area (Å²) in [5.41, 5.74) is 9.10. The highest BCUT2D eigenvalue weighted by Crippen LogP contribution is 2.00. The number of nitrogens with zero attached hydrogens (tertiary/aromatic N) is 3. The van der Waals surface area contributed by atoms with E-state index in [1.165, 1.54) is 0 Å². The summed E-state index contributed by atoms with van der Waals surface area (Å²) in [6.45, 7) is 1.79. The summed E-state index contributed by atoms with van der Waals surface area (Å²) in [6, 6.07) is 0. The molecule has 0 bridgehead atoms. The van der Waals surface area contributed by atoms with Crippen LogP contribution in [0.5, 0.6) is 0 Å². The van der Waals surface area contributed by atoms with E-state index in [0.29, 0.717) is 17.2 Å². The van der Waals surface area contributed by atoms with Crippen LogP contribution in [-0.4, -0.2) is 16.1 Å². The van der Waals surface area contributed by atoms with Crippen LogP contribution in [0, 0.1) is 6.92 Å². The SMILES string of the molecule is Cc1nonc1C1=NNNN1. The van der Waals surface area contributed by atoms with E-state index in [-0.39, 0.29) is 0 Å². The lowest BCUT2D eigenvalue weighted by atomic mass is 10.3. The predicted octanol–water partition coefficient (Wildman–Crippen LogP) is -1.35. The molecule has 7 nitrogen and oxygen atoms in total. The number of nitrogens with one attached hydrogen (secondary N) is 3. The third-order valence-electron chi connectivity index (χ3n) is 1.28. The minimum absolute atomic E-state index is 0.573. The van der Waals surface area contributed by atoms with Crippen molar-refractivity contribution in [3.8, 4) is 0 Å². The standard InChI is InChI=1S/C4H6N6O/c1-2-3(8-11-7-2)4-5-9-10-6-4/h9-10H,1H3,(H,5,6). The Labute approximate surface area is 61.7 Å². The van der Waals surface area contributed by atoms with Crippen LogP contribution < -0.4 is 16.5 Å². The number of amidine groups is 1. The minimum atomic E-state index is 0.573. The maximum atomic E-state index is 4.48. The molecule has 0 aromatic carbocycles. The molecule has 0 saturated carbocycles. The molecule has 2 heterocycles. The average Bonchev–Trinajstić information content (AvgIpc) is 2.55. The maximum Gasteiger partial charge on any atom is 0.194 e. The minimum Gasteiger partial charge on any atom is -0.283 e. The molecule has 2 rings (SSSR count). The molecular formula is C4H6N6O. The maximum absolute atomic E-state index is 4.48. The van der Waals surface area contributed by atoms with Gasteiger partial charge in [-0.05, 0) is 12.1 Å². The fourth-order valence-electron chi connectivity index (χ4n) is 0.757. The second-order valence-electron chi connectivity index (χ2n) is 2.02. The summed E-state index contributed by atoms with van der Waals surface area (Å²) in [5.74, 6) is 0.573. The number of hydrogen-bond acceptors (Lipinski definition) is 7. The second-order valence-corrected chi connectivity index (χ2v) is 2.02. The Morgan fingerprint density at radius 3 is 2.82 bits per heavy atom. The molecular weight excluding hydrogens is 148 g/mol. The fourth-order valence-corrected chi connectivity index (χ4v) is 0.757. The molecule has 0 saturated heterocycles. The average molecular weight is 154 g/mol. The molecule has 1 aliphatic rings. The van der Waals surface area contributed by atoms with Gasteiger partial charge in [-0.2, -0.15) is 0 Å². The Hall–Kier alpha value is -1.63. The lowest BCUT2D eigenvalue weighted by Gasteiger charge is -1.92. The van der Waals surface area contributed by atoms with E-state index in [0.717, 1.165) is 0 Å². The van der Waals surface area contributed by atoms with Gasteiger partial charge in [-0.25, -0.2) is 10.2 Å². The Bertz CT molecular complexity index is 291. The Morgan fingerprint density at radius 2 is 2.27 bits per heavy atom. The summed E-state index contributed by atoms with van der Waals surface area (Å²) in [5, 5.41) is 11.1. The van der Waals surface area contributed by atoms with Crippen LogP contribution >= 0.6 is 0 Å². The van der Waals surface area contributed by atoms with Gasteiger partial charge in [0.1, 0.15) is 5.69 Å². The molecule has 0 fully saturated rings. The van der Waals surface area contributed by atoms with E-state index in [4.69, 9.17) is 0 Å². The topological polar surface area (TPSA) is 87.4 Å². The van der Waals surface area contributed by atoms with Crippen LogP contribution in [0.4, 0.5) is 0 Å². The molecule has 0 amide bonds. The van der Waals surface area contributed by atoms with Crippen LogP contribution in [0.15, 0.2) is 9.73 Å². The van der Waals surface area contributed by atoms with Crippen LogP contribution in [0.2, 0.25) is 0 Å². The van der Waals surface area contributed by atoms with E-state index in [9.17, 15) is 0 Å². The zero-order valence-electron chi connectivity index (χ0n) is 5.75. The van der Waals surface area contributed by atoms with Crippen molar-refractivity contribution in [1.29, 1.82) is 0 Å². The Kier molecular flexibility index (Phi) is 1.22. The molecule has 0 spiro atoms. The first-order valence-electron chi connectivity index (χ1n) is 3.01. The molecule has 1 aromatic rings. The van der Waals surface area contributed by atoms with Crippen molar-refractivity contribution in [2.75, 3.05) is 0 Å². The molecule has 0 unspecified atom stereocenters. The van der Waals surface area contributed by atoms with Crippen LogP contribution in [0.3, 0.4) is 0 Å². The van der Waals surface area contributed by atoms with Crippen LogP contribution in [0.1, 0.15) is 11.4 Å². The van der Waals surface area contributed by atoms with E-state index >= 15 is 0 Å². The highest BCUT2D eigenvalue weighted by Gasteiger charge is 2.15. The van der Waals surface area contributed by atoms with Crippen molar-refractivity contribution in [3.63, 3.8) is 0 Å². The monoisotopic (exact) mass is 154 g/mol. The summed E-state index contributed by atoms with van der Waals surface area (Å²) < 4.78 is 4.48. The summed E-state index contributed by atoms with van der Waals surface area (Å²) in [6.07, 6.45) is 0. The predicted molar refractivity (Wildman–Crippen MR) is 35.0 cm³/mol. The number of aromatic nitrogens is 2. The third kappa shape index (κ3) is 0.905. The molecule has 58 valence electrons. The van der Waals surface area contributed by atoms with Gasteiger partial charge >= 0.3 is 0 Å². The van der Waals surface area contributed by atoms with Crippen molar-refractivity contribution >= 4 is 5.84 Å². The first-order chi connectivity index (χ1) is 5.38. The van der Waals surface area contributed by atoms with Crippen molar-refractivity contribution in [2.24, 2.45) is 5.10 Å². The third-order valence-corrected chi connectivity index (χ3v) is 1.28. The van der Waals surface area contributed by atoms with Gasteiger partial charge in [-0.3, -0.25) is 5.43 Å². The summed E-state index contributed by atoms with van der Waals surface area (Å²) in [4.78, 5) is 0. The summed E-state index contributed by atoms with van der Waals surface area (Å²) in [7, 11) is 0. The molecule has 11 heavy (non-hydrogen) atoms. The Balaban J connectivity index is 2.35. The van der Waals surface area contributed by atoms with Gasteiger partial charge in [0, 0.05) is 0 Å². The fraction of sp³-hybridized carbons (Fsp3) is 0.250. The zero-order valence-corrected chi connectivity index (χ0v) is 5.75. The molecule has 0 radical (unpaired) electrons. The zero-order chi connectivity index (χ0) is 7.68. The first-order valence-corrected chi connectivity index (χ1v) is 3.01. The van der Waals surface area contributed by atoms with E-state index in [1.54, 1.807) is 6.92 Å². The van der Waals surface area contributed by atoms with Crippen molar-refractivity contribution in [3.05, 3.63) is 11.4 Å². The second kappa shape index (κ2) is 2.20. The first kappa shape index (κ1) is 6.10. The van der Waals surface area contributed by atoms with Crippen molar-refractivity contribution in [1.82, 2.24) is 26.8 Å². The lowest BCUT2D eigenvalue weighted by Crippen LogP contribution is -2.35. The van der Waals surface area contributed by atoms with E-state index in [1.807, 2.05) is 0 Å².